The number of nitrogens with one attached hydrogen (secondary N) is 1. The molecule has 0 unspecified atom stereocenters. The summed E-state index contributed by atoms with van der Waals surface area (Å²) in [5.74, 6) is -1.88. The number of carboxylic acid groups (broad SMARTS) is 1. The number of imide groups is 1. The van der Waals surface area contributed by atoms with Crippen molar-refractivity contribution in [3.63, 3.8) is 0 Å². The number of aliphatic carboxylic acids is 1. The van der Waals surface area contributed by atoms with Crippen molar-refractivity contribution in [1.82, 2.24) is 14.8 Å². The van der Waals surface area contributed by atoms with Gasteiger partial charge in [-0.05, 0) is 31.6 Å². The zero-order valence-corrected chi connectivity index (χ0v) is 13.3. The fourth-order valence-electron chi connectivity index (χ4n) is 2.51. The lowest BCUT2D eigenvalue weighted by Crippen LogP contribution is -2.35. The van der Waals surface area contributed by atoms with Crippen LogP contribution in [0.15, 0.2) is 11.8 Å². The first-order valence-electron chi connectivity index (χ1n) is 7.07. The summed E-state index contributed by atoms with van der Waals surface area (Å²) in [4.78, 5) is 35.2. The van der Waals surface area contributed by atoms with E-state index >= 15 is 0 Å². The first-order valence-corrected chi connectivity index (χ1v) is 7.07. The third-order valence-electron chi connectivity index (χ3n) is 3.69. The fraction of sp³-hybridized carbons (Fsp3) is 0.400. The number of hydrogen-bond acceptors (Lipinski definition) is 4. The minimum Gasteiger partial charge on any atom is -0.480 e. The molecule has 0 aromatic carbocycles. The van der Waals surface area contributed by atoms with Crippen LogP contribution >= 0.6 is 0 Å². The van der Waals surface area contributed by atoms with E-state index in [2.05, 4.69) is 5.32 Å². The second kappa shape index (κ2) is 6.66. The van der Waals surface area contributed by atoms with Crippen molar-refractivity contribution in [3.05, 3.63) is 28.7 Å². The van der Waals surface area contributed by atoms with Crippen LogP contribution < -0.4 is 5.32 Å². The molecule has 2 rings (SSSR count). The first kappa shape index (κ1) is 16.8. The van der Waals surface area contributed by atoms with Crippen LogP contribution in [0, 0.1) is 13.8 Å². The molecule has 0 radical (unpaired) electrons. The van der Waals surface area contributed by atoms with Gasteiger partial charge >= 0.3 is 12.0 Å². The summed E-state index contributed by atoms with van der Waals surface area (Å²) < 4.78 is 7.12. The van der Waals surface area contributed by atoms with E-state index in [4.69, 9.17) is 9.84 Å². The summed E-state index contributed by atoms with van der Waals surface area (Å²) in [5, 5.41) is 11.2. The number of methoxy groups -OCH3 is 1. The zero-order chi connectivity index (χ0) is 17.1. The van der Waals surface area contributed by atoms with Crippen LogP contribution in [-0.2, 0) is 20.9 Å². The minimum absolute atomic E-state index is 0.0724. The molecule has 2 heterocycles. The van der Waals surface area contributed by atoms with Crippen molar-refractivity contribution in [2.45, 2.75) is 20.4 Å². The van der Waals surface area contributed by atoms with Gasteiger partial charge < -0.3 is 19.7 Å². The highest BCUT2D eigenvalue weighted by molar-refractivity contribution is 6.15. The van der Waals surface area contributed by atoms with E-state index in [1.165, 1.54) is 0 Å². The second-order valence-electron chi connectivity index (χ2n) is 5.24. The summed E-state index contributed by atoms with van der Waals surface area (Å²) in [6.07, 6.45) is 1.56. The smallest absolute Gasteiger partial charge is 0.329 e. The predicted molar refractivity (Wildman–Crippen MR) is 81.6 cm³/mol. The molecule has 1 aliphatic rings. The Morgan fingerprint density at radius 3 is 2.70 bits per heavy atom. The molecule has 2 N–H and O–H groups in total. The number of urea groups is 1. The van der Waals surface area contributed by atoms with Gasteiger partial charge in [0, 0.05) is 25.0 Å². The molecular weight excluding hydrogens is 302 g/mol. The number of nitrogens with zero attached hydrogens (tertiary/aromatic N) is 2. The number of aryl methyl sites for hydroxylation is 1. The Labute approximate surface area is 133 Å². The highest BCUT2D eigenvalue weighted by atomic mass is 16.5. The van der Waals surface area contributed by atoms with Gasteiger partial charge in [-0.15, -0.1) is 0 Å². The van der Waals surface area contributed by atoms with Gasteiger partial charge in [0.05, 0.1) is 6.61 Å². The number of rotatable bonds is 6. The predicted octanol–water partition coefficient (Wildman–Crippen LogP) is 0.729. The van der Waals surface area contributed by atoms with Crippen LogP contribution in [-0.4, -0.2) is 52.7 Å². The molecule has 1 fully saturated rings. The molecule has 0 bridgehead atoms. The third kappa shape index (κ3) is 3.42. The van der Waals surface area contributed by atoms with E-state index in [1.807, 2.05) is 24.5 Å². The molecule has 1 aromatic heterocycles. The summed E-state index contributed by atoms with van der Waals surface area (Å²) in [5.41, 5.74) is 2.80. The monoisotopic (exact) mass is 321 g/mol. The molecule has 8 heteroatoms. The van der Waals surface area contributed by atoms with Crippen molar-refractivity contribution in [3.8, 4) is 0 Å². The molecular formula is C15H19N3O5. The number of hydrogen-bond donors (Lipinski definition) is 2. The Morgan fingerprint density at radius 2 is 2.09 bits per heavy atom. The number of carboxylic acids is 1. The van der Waals surface area contributed by atoms with Gasteiger partial charge in [0.25, 0.3) is 5.91 Å². The molecule has 1 aliphatic heterocycles. The van der Waals surface area contributed by atoms with Gasteiger partial charge in [0.2, 0.25) is 0 Å². The molecule has 8 nitrogen and oxygen atoms in total. The van der Waals surface area contributed by atoms with E-state index in [1.54, 1.807) is 13.2 Å². The lowest BCUT2D eigenvalue weighted by molar-refractivity contribution is -0.140. The number of amides is 3. The molecule has 0 spiro atoms. The normalized spacial score (nSPS) is 16.3. The molecule has 0 aliphatic carbocycles. The van der Waals surface area contributed by atoms with Crippen LogP contribution in [0.4, 0.5) is 4.79 Å². The second-order valence-corrected chi connectivity index (χ2v) is 5.24. The highest BCUT2D eigenvalue weighted by Gasteiger charge is 2.35. The number of ether oxygens (including phenoxy) is 1. The lowest BCUT2D eigenvalue weighted by Gasteiger charge is -2.08. The maximum Gasteiger partial charge on any atom is 0.329 e. The van der Waals surface area contributed by atoms with Crippen LogP contribution in [0.25, 0.3) is 6.08 Å². The molecule has 1 aromatic rings. The summed E-state index contributed by atoms with van der Waals surface area (Å²) in [7, 11) is 1.63. The first-order chi connectivity index (χ1) is 10.8. The van der Waals surface area contributed by atoms with Crippen LogP contribution in [0.3, 0.4) is 0 Å². The Hall–Kier alpha value is -2.61. The largest absolute Gasteiger partial charge is 0.480 e. The van der Waals surface area contributed by atoms with E-state index < -0.39 is 24.5 Å². The summed E-state index contributed by atoms with van der Waals surface area (Å²) >= 11 is 0. The zero-order valence-electron chi connectivity index (χ0n) is 13.3. The summed E-state index contributed by atoms with van der Waals surface area (Å²) in [6, 6.07) is 1.17. The van der Waals surface area contributed by atoms with Gasteiger partial charge in [0.1, 0.15) is 12.2 Å². The number of carbonyl (C=O) groups is 3. The Balaban J connectivity index is 2.27. The van der Waals surface area contributed by atoms with Crippen molar-refractivity contribution in [1.29, 1.82) is 0 Å². The van der Waals surface area contributed by atoms with Gasteiger partial charge in [-0.25, -0.2) is 9.69 Å². The molecule has 1 saturated heterocycles. The van der Waals surface area contributed by atoms with Gasteiger partial charge in [-0.2, -0.15) is 0 Å². The average Bonchev–Trinajstić information content (AvgIpc) is 2.88. The lowest BCUT2D eigenvalue weighted by atomic mass is 10.2. The van der Waals surface area contributed by atoms with Crippen LogP contribution in [0.1, 0.15) is 17.0 Å². The Bertz CT molecular complexity index is 690. The van der Waals surface area contributed by atoms with Crippen molar-refractivity contribution < 1.29 is 24.2 Å². The standard InChI is InChI=1S/C15H19N3O5/c1-9-6-11(10(2)17(9)4-5-23-3)7-12-14(21)18(8-13(19)20)15(22)16-12/h6-7H,4-5,8H2,1-3H3,(H,16,22)(H,19,20)/b12-7+. The molecule has 3 amide bonds. The minimum atomic E-state index is -1.24. The molecule has 0 saturated carbocycles. The Morgan fingerprint density at radius 1 is 1.39 bits per heavy atom. The maximum atomic E-state index is 12.1. The van der Waals surface area contributed by atoms with E-state index in [-0.39, 0.29) is 5.70 Å². The van der Waals surface area contributed by atoms with E-state index in [0.29, 0.717) is 18.1 Å². The highest BCUT2D eigenvalue weighted by Crippen LogP contribution is 2.20. The van der Waals surface area contributed by atoms with Crippen molar-refractivity contribution >= 4 is 24.0 Å². The quantitative estimate of drug-likeness (QED) is 0.594. The molecule has 124 valence electrons. The van der Waals surface area contributed by atoms with Gasteiger partial charge in [-0.1, -0.05) is 0 Å². The number of carbonyl (C=O) groups excluding carboxylic acids is 2. The summed E-state index contributed by atoms with van der Waals surface area (Å²) in [6.45, 7) is 4.44. The van der Waals surface area contributed by atoms with E-state index in [0.717, 1.165) is 17.0 Å². The Kier molecular flexibility index (Phi) is 4.85. The van der Waals surface area contributed by atoms with Gasteiger partial charge in [0.15, 0.2) is 0 Å². The topological polar surface area (TPSA) is 101 Å². The van der Waals surface area contributed by atoms with Gasteiger partial charge in [-0.3, -0.25) is 9.59 Å². The fourth-order valence-corrected chi connectivity index (χ4v) is 2.51. The van der Waals surface area contributed by atoms with Crippen LogP contribution in [0.2, 0.25) is 0 Å². The van der Waals surface area contributed by atoms with Crippen molar-refractivity contribution in [2.75, 3.05) is 20.3 Å². The van der Waals surface area contributed by atoms with Crippen molar-refractivity contribution in [2.24, 2.45) is 0 Å². The van der Waals surface area contributed by atoms with E-state index in [9.17, 15) is 14.4 Å². The third-order valence-corrected chi connectivity index (χ3v) is 3.69. The molecule has 0 atom stereocenters. The van der Waals surface area contributed by atoms with Crippen LogP contribution in [0.5, 0.6) is 0 Å². The maximum absolute atomic E-state index is 12.1. The SMILES string of the molecule is COCCn1c(C)cc(/C=C2/NC(=O)N(CC(=O)O)C2=O)c1C. The average molecular weight is 321 g/mol. The molecule has 23 heavy (non-hydrogen) atoms. The number of aromatic nitrogens is 1.